The van der Waals surface area contributed by atoms with Crippen molar-refractivity contribution in [2.75, 3.05) is 19.0 Å². The lowest BCUT2D eigenvalue weighted by atomic mass is 9.94. The Labute approximate surface area is 187 Å². The molecule has 1 aromatic heterocycles. The molecular formula is C25H26ClNO4. The number of nitrogens with one attached hydrogen (secondary N) is 1. The Kier molecular flexibility index (Phi) is 6.23. The van der Waals surface area contributed by atoms with Gasteiger partial charge in [-0.05, 0) is 62.9 Å². The number of methoxy groups -OCH3 is 1. The van der Waals surface area contributed by atoms with E-state index >= 15 is 0 Å². The molecule has 0 radical (unpaired) electrons. The van der Waals surface area contributed by atoms with Crippen LogP contribution in [0.4, 0.5) is 5.69 Å². The minimum Gasteiger partial charge on any atom is -0.495 e. The summed E-state index contributed by atoms with van der Waals surface area (Å²) in [4.78, 5) is 12.7. The van der Waals surface area contributed by atoms with E-state index in [-0.39, 0.29) is 5.91 Å². The van der Waals surface area contributed by atoms with Gasteiger partial charge in [0, 0.05) is 40.1 Å². The molecule has 1 N–H and O–H groups in total. The van der Waals surface area contributed by atoms with Crippen LogP contribution in [-0.2, 0) is 17.6 Å². The summed E-state index contributed by atoms with van der Waals surface area (Å²) in [6.45, 7) is 4.38. The summed E-state index contributed by atoms with van der Waals surface area (Å²) in [6, 6.07) is 9.13. The maximum atomic E-state index is 12.7. The number of rotatable bonds is 6. The standard InChI is InChI=1S/C25H26ClNO4/c1-4-30-23-14-24-19(17-7-5-6-8-21(17)31-24)13-18(23)15(2)11-25(28)27-20-12-16(26)9-10-22(20)29-3/h9-14H,4-8H2,1-3H3,(H,27,28)/b15-11+. The van der Waals surface area contributed by atoms with Gasteiger partial charge in [0.2, 0.25) is 5.91 Å². The molecule has 2 aromatic carbocycles. The van der Waals surface area contributed by atoms with Crippen LogP contribution in [0.3, 0.4) is 0 Å². The average molecular weight is 440 g/mol. The summed E-state index contributed by atoms with van der Waals surface area (Å²) in [5.74, 6) is 2.07. The van der Waals surface area contributed by atoms with Crippen molar-refractivity contribution in [1.82, 2.24) is 0 Å². The van der Waals surface area contributed by atoms with Gasteiger partial charge in [0.25, 0.3) is 0 Å². The van der Waals surface area contributed by atoms with Crippen molar-refractivity contribution in [3.8, 4) is 11.5 Å². The molecule has 0 saturated heterocycles. The fraction of sp³-hybridized carbons (Fsp3) is 0.320. The molecule has 1 amide bonds. The van der Waals surface area contributed by atoms with Crippen LogP contribution in [-0.4, -0.2) is 19.6 Å². The van der Waals surface area contributed by atoms with Gasteiger partial charge in [-0.3, -0.25) is 4.79 Å². The first kappa shape index (κ1) is 21.3. The summed E-state index contributed by atoms with van der Waals surface area (Å²) < 4.78 is 17.3. The summed E-state index contributed by atoms with van der Waals surface area (Å²) in [7, 11) is 1.55. The number of allylic oxidation sites excluding steroid dienone is 1. The van der Waals surface area contributed by atoms with E-state index in [1.165, 1.54) is 12.0 Å². The quantitative estimate of drug-likeness (QED) is 0.450. The number of hydrogen-bond acceptors (Lipinski definition) is 4. The lowest BCUT2D eigenvalue weighted by Crippen LogP contribution is -2.10. The minimum atomic E-state index is -0.269. The number of carbonyl (C=O) groups excluding carboxylic acids is 1. The molecule has 5 nitrogen and oxygen atoms in total. The molecule has 3 aromatic rings. The van der Waals surface area contributed by atoms with E-state index in [2.05, 4.69) is 11.4 Å². The van der Waals surface area contributed by atoms with Gasteiger partial charge in [0.1, 0.15) is 22.8 Å². The number of carbonyl (C=O) groups is 1. The number of halogens is 1. The van der Waals surface area contributed by atoms with Gasteiger partial charge in [-0.2, -0.15) is 0 Å². The molecule has 0 atom stereocenters. The van der Waals surface area contributed by atoms with Crippen molar-refractivity contribution in [3.63, 3.8) is 0 Å². The zero-order valence-corrected chi connectivity index (χ0v) is 18.8. The van der Waals surface area contributed by atoms with E-state index in [1.54, 1.807) is 31.4 Å². The molecule has 1 heterocycles. The van der Waals surface area contributed by atoms with Crippen LogP contribution < -0.4 is 14.8 Å². The molecule has 31 heavy (non-hydrogen) atoms. The van der Waals surface area contributed by atoms with E-state index in [4.69, 9.17) is 25.5 Å². The maximum Gasteiger partial charge on any atom is 0.248 e. The first-order valence-electron chi connectivity index (χ1n) is 10.5. The molecule has 1 aliphatic rings. The summed E-state index contributed by atoms with van der Waals surface area (Å²) in [5, 5.41) is 4.48. The predicted molar refractivity (Wildman–Crippen MR) is 124 cm³/mol. The van der Waals surface area contributed by atoms with Crippen LogP contribution in [0.2, 0.25) is 5.02 Å². The third kappa shape index (κ3) is 4.42. The number of ether oxygens (including phenoxy) is 2. The Morgan fingerprint density at radius 2 is 2.00 bits per heavy atom. The molecular weight excluding hydrogens is 414 g/mol. The van der Waals surface area contributed by atoms with Gasteiger partial charge in [0.05, 0.1) is 19.4 Å². The van der Waals surface area contributed by atoms with Crippen molar-refractivity contribution in [1.29, 1.82) is 0 Å². The van der Waals surface area contributed by atoms with Crippen molar-refractivity contribution < 1.29 is 18.7 Å². The second kappa shape index (κ2) is 9.06. The van der Waals surface area contributed by atoms with Crippen molar-refractivity contribution >= 4 is 39.7 Å². The van der Waals surface area contributed by atoms with Crippen molar-refractivity contribution in [3.05, 3.63) is 58.3 Å². The van der Waals surface area contributed by atoms with E-state index < -0.39 is 0 Å². The largest absolute Gasteiger partial charge is 0.495 e. The highest BCUT2D eigenvalue weighted by molar-refractivity contribution is 6.31. The fourth-order valence-corrected chi connectivity index (χ4v) is 4.27. The average Bonchev–Trinajstić information content (AvgIpc) is 3.11. The molecule has 0 spiro atoms. The number of aryl methyl sites for hydroxylation is 2. The number of fused-ring (bicyclic) bond motifs is 3. The number of anilines is 1. The molecule has 0 unspecified atom stereocenters. The van der Waals surface area contributed by atoms with Crippen LogP contribution in [0, 0.1) is 0 Å². The molecule has 0 aliphatic heterocycles. The number of benzene rings is 2. The minimum absolute atomic E-state index is 0.269. The highest BCUT2D eigenvalue weighted by Gasteiger charge is 2.20. The van der Waals surface area contributed by atoms with E-state index in [1.807, 2.05) is 19.9 Å². The lowest BCUT2D eigenvalue weighted by molar-refractivity contribution is -0.111. The molecule has 6 heteroatoms. The fourth-order valence-electron chi connectivity index (χ4n) is 4.09. The zero-order valence-electron chi connectivity index (χ0n) is 18.0. The number of furan rings is 1. The predicted octanol–water partition coefficient (Wildman–Crippen LogP) is 6.41. The smallest absolute Gasteiger partial charge is 0.248 e. The normalized spacial score (nSPS) is 13.7. The van der Waals surface area contributed by atoms with Crippen molar-refractivity contribution in [2.24, 2.45) is 0 Å². The molecule has 1 aliphatic carbocycles. The monoisotopic (exact) mass is 439 g/mol. The first-order valence-corrected chi connectivity index (χ1v) is 10.9. The number of amides is 1. The SMILES string of the molecule is CCOc1cc2oc3c(c2cc1/C(C)=C/C(=O)Nc1cc(Cl)ccc1OC)CCCC3. The maximum absolute atomic E-state index is 12.7. The van der Waals surface area contributed by atoms with Crippen LogP contribution in [0.1, 0.15) is 43.6 Å². The Morgan fingerprint density at radius 3 is 2.77 bits per heavy atom. The molecule has 0 bridgehead atoms. The Bertz CT molecular complexity index is 1160. The number of hydrogen-bond donors (Lipinski definition) is 1. The Hall–Kier alpha value is -2.92. The van der Waals surface area contributed by atoms with Gasteiger partial charge in [-0.1, -0.05) is 11.6 Å². The third-order valence-corrected chi connectivity index (χ3v) is 5.78. The molecule has 162 valence electrons. The summed E-state index contributed by atoms with van der Waals surface area (Å²) >= 11 is 6.07. The van der Waals surface area contributed by atoms with Gasteiger partial charge < -0.3 is 19.2 Å². The van der Waals surface area contributed by atoms with E-state index in [0.717, 1.165) is 47.1 Å². The van der Waals surface area contributed by atoms with Gasteiger partial charge in [-0.25, -0.2) is 0 Å². The second-order valence-corrected chi connectivity index (χ2v) is 8.09. The van der Waals surface area contributed by atoms with Crippen molar-refractivity contribution in [2.45, 2.75) is 39.5 Å². The molecule has 0 saturated carbocycles. The molecule has 4 rings (SSSR count). The van der Waals surface area contributed by atoms with Gasteiger partial charge in [0.15, 0.2) is 0 Å². The highest BCUT2D eigenvalue weighted by atomic mass is 35.5. The van der Waals surface area contributed by atoms with Crippen LogP contribution in [0.15, 0.2) is 40.8 Å². The van der Waals surface area contributed by atoms with Gasteiger partial charge >= 0.3 is 0 Å². The van der Waals surface area contributed by atoms with E-state index in [9.17, 15) is 4.79 Å². The zero-order chi connectivity index (χ0) is 22.0. The topological polar surface area (TPSA) is 60.7 Å². The first-order chi connectivity index (χ1) is 15.0. The van der Waals surface area contributed by atoms with Crippen LogP contribution in [0.5, 0.6) is 11.5 Å². The summed E-state index contributed by atoms with van der Waals surface area (Å²) in [6.07, 6.45) is 5.89. The van der Waals surface area contributed by atoms with Crippen LogP contribution >= 0.6 is 11.6 Å². The van der Waals surface area contributed by atoms with E-state index in [0.29, 0.717) is 28.8 Å². The third-order valence-electron chi connectivity index (χ3n) is 5.55. The van der Waals surface area contributed by atoms with Gasteiger partial charge in [-0.15, -0.1) is 0 Å². The second-order valence-electron chi connectivity index (χ2n) is 7.65. The lowest BCUT2D eigenvalue weighted by Gasteiger charge is -2.13. The van der Waals surface area contributed by atoms with Crippen LogP contribution in [0.25, 0.3) is 16.5 Å². The Morgan fingerprint density at radius 1 is 1.19 bits per heavy atom. The summed E-state index contributed by atoms with van der Waals surface area (Å²) in [5.41, 5.74) is 4.34. The Balaban J connectivity index is 1.69. The molecule has 0 fully saturated rings. The highest BCUT2D eigenvalue weighted by Crippen LogP contribution is 2.38.